The minimum Gasteiger partial charge on any atom is -0.346 e. The molecule has 0 saturated heterocycles. The van der Waals surface area contributed by atoms with E-state index < -0.39 is 24.5 Å². The first-order valence-corrected chi connectivity index (χ1v) is 18.5. The summed E-state index contributed by atoms with van der Waals surface area (Å²) in [6.45, 7) is 23.8. The molecule has 0 unspecified atom stereocenters. The minimum absolute atomic E-state index is 0.877. The number of unbranched alkanes of at least 4 members (excludes halogenated alkanes) is 1. The zero-order chi connectivity index (χ0) is 16.0. The van der Waals surface area contributed by atoms with E-state index in [1.165, 1.54) is 37.5 Å². The molecule has 1 nitrogen and oxygen atoms in total. The van der Waals surface area contributed by atoms with Crippen molar-refractivity contribution in [3.8, 4) is 0 Å². The molecule has 122 valence electrons. The highest BCUT2D eigenvalue weighted by Gasteiger charge is 2.34. The van der Waals surface area contributed by atoms with Gasteiger partial charge in [0.15, 0.2) is 0 Å². The van der Waals surface area contributed by atoms with Crippen molar-refractivity contribution in [1.29, 1.82) is 0 Å². The summed E-state index contributed by atoms with van der Waals surface area (Å²) < 4.78 is 2.95. The van der Waals surface area contributed by atoms with Gasteiger partial charge in [0.05, 0.1) is 8.07 Å². The summed E-state index contributed by atoms with van der Waals surface area (Å²) >= 11 is 0. The van der Waals surface area contributed by atoms with Crippen LogP contribution >= 0.6 is 0 Å². The highest BCUT2D eigenvalue weighted by molar-refractivity contribution is 6.89. The first-order chi connectivity index (χ1) is 9.02. The van der Waals surface area contributed by atoms with Gasteiger partial charge >= 0.3 is 0 Å². The van der Waals surface area contributed by atoms with E-state index in [-0.39, 0.29) is 0 Å². The molecule has 0 aromatic heterocycles. The van der Waals surface area contributed by atoms with Crippen LogP contribution in [-0.2, 0) is 0 Å². The standard InChI is InChI=1S/C16H41NSi3/c1-10-20(11-2,12-3)16-14-13-15-17(18(4,5)6)19(7,8)9/h10-16H2,1-9H3. The average molecular weight is 332 g/mol. The molecular formula is C16H41NSi3. The summed E-state index contributed by atoms with van der Waals surface area (Å²) in [6.07, 6.45) is 2.91. The van der Waals surface area contributed by atoms with Crippen molar-refractivity contribution in [1.82, 2.24) is 4.23 Å². The molecule has 0 aromatic rings. The van der Waals surface area contributed by atoms with E-state index in [2.05, 4.69) is 64.3 Å². The van der Waals surface area contributed by atoms with Crippen LogP contribution in [0.4, 0.5) is 0 Å². The summed E-state index contributed by atoms with van der Waals surface area (Å²) in [5.74, 6) is 0. The second-order valence-corrected chi connectivity index (χ2v) is 24.3. The van der Waals surface area contributed by atoms with Gasteiger partial charge in [-0.05, 0) is 13.0 Å². The minimum atomic E-state index is -1.14. The van der Waals surface area contributed by atoms with E-state index >= 15 is 0 Å². The average Bonchev–Trinajstić information content (AvgIpc) is 2.31. The second-order valence-electron chi connectivity index (χ2n) is 8.51. The fourth-order valence-corrected chi connectivity index (χ4v) is 17.0. The third kappa shape index (κ3) is 6.58. The van der Waals surface area contributed by atoms with Crippen LogP contribution in [0.5, 0.6) is 0 Å². The van der Waals surface area contributed by atoms with E-state index in [9.17, 15) is 0 Å². The third-order valence-corrected chi connectivity index (χ3v) is 18.8. The lowest BCUT2D eigenvalue weighted by atomic mass is 10.3. The van der Waals surface area contributed by atoms with Crippen LogP contribution in [0.25, 0.3) is 0 Å². The predicted octanol–water partition coefficient (Wildman–Crippen LogP) is 6.25. The first-order valence-electron chi connectivity index (χ1n) is 8.80. The van der Waals surface area contributed by atoms with Gasteiger partial charge in [0.2, 0.25) is 0 Å². The summed E-state index contributed by atoms with van der Waals surface area (Å²) in [6, 6.07) is 6.05. The molecular weight excluding hydrogens is 290 g/mol. The van der Waals surface area contributed by atoms with E-state index in [1.807, 2.05) is 0 Å². The highest BCUT2D eigenvalue weighted by atomic mass is 28.4. The van der Waals surface area contributed by atoms with Crippen molar-refractivity contribution in [2.75, 3.05) is 6.54 Å². The van der Waals surface area contributed by atoms with Crippen molar-refractivity contribution in [2.24, 2.45) is 0 Å². The van der Waals surface area contributed by atoms with E-state index in [0.29, 0.717) is 0 Å². The van der Waals surface area contributed by atoms with Crippen LogP contribution in [0.2, 0.25) is 63.5 Å². The third-order valence-electron chi connectivity index (χ3n) is 5.21. The van der Waals surface area contributed by atoms with Crippen LogP contribution < -0.4 is 0 Å². The lowest BCUT2D eigenvalue weighted by Gasteiger charge is -2.43. The zero-order valence-corrected chi connectivity index (χ0v) is 18.9. The highest BCUT2D eigenvalue weighted by Crippen LogP contribution is 2.28. The maximum absolute atomic E-state index is 2.95. The lowest BCUT2D eigenvalue weighted by Crippen LogP contribution is -2.59. The molecule has 0 heterocycles. The molecule has 0 fully saturated rings. The van der Waals surface area contributed by atoms with Gasteiger partial charge in [0.25, 0.3) is 0 Å². The SMILES string of the molecule is CC[Si](CC)(CC)CCCCN([Si](C)(C)C)[Si](C)(C)C. The Hall–Kier alpha value is 0.611. The fraction of sp³-hybridized carbons (Fsp3) is 1.00. The molecule has 0 aliphatic heterocycles. The van der Waals surface area contributed by atoms with Gasteiger partial charge in [0, 0.05) is 0 Å². The van der Waals surface area contributed by atoms with Crippen LogP contribution in [0.3, 0.4) is 0 Å². The molecule has 0 atom stereocenters. The van der Waals surface area contributed by atoms with Crippen LogP contribution in [0, 0.1) is 0 Å². The second kappa shape index (κ2) is 8.30. The molecule has 0 spiro atoms. The Morgan fingerprint density at radius 2 is 1.05 bits per heavy atom. The monoisotopic (exact) mass is 331 g/mol. The predicted molar refractivity (Wildman–Crippen MR) is 105 cm³/mol. The molecule has 4 heteroatoms. The molecule has 0 bridgehead atoms. The molecule has 20 heavy (non-hydrogen) atoms. The molecule has 0 aliphatic rings. The van der Waals surface area contributed by atoms with Gasteiger partial charge in [-0.3, -0.25) is 0 Å². The van der Waals surface area contributed by atoms with Crippen molar-refractivity contribution in [3.05, 3.63) is 0 Å². The Kier molecular flexibility index (Phi) is 8.55. The topological polar surface area (TPSA) is 3.24 Å². The van der Waals surface area contributed by atoms with Crippen LogP contribution in [0.15, 0.2) is 0 Å². The maximum atomic E-state index is 2.95. The maximum Gasteiger partial charge on any atom is 0.112 e. The van der Waals surface area contributed by atoms with Gasteiger partial charge in [-0.15, -0.1) is 0 Å². The van der Waals surface area contributed by atoms with Crippen LogP contribution in [-0.4, -0.2) is 35.3 Å². The normalized spacial score (nSPS) is 14.1. The summed E-state index contributed by atoms with van der Waals surface area (Å²) in [5.41, 5.74) is 0. The smallest absolute Gasteiger partial charge is 0.112 e. The summed E-state index contributed by atoms with van der Waals surface area (Å²) in [7, 11) is -3.15. The number of nitrogens with zero attached hydrogens (tertiary/aromatic N) is 1. The van der Waals surface area contributed by atoms with Crippen molar-refractivity contribution in [3.63, 3.8) is 0 Å². The Balaban J connectivity index is 4.40. The number of rotatable bonds is 10. The Bertz CT molecular complexity index is 240. The van der Waals surface area contributed by atoms with Gasteiger partial charge in [-0.25, -0.2) is 0 Å². The molecule has 0 saturated carbocycles. The van der Waals surface area contributed by atoms with E-state index in [1.54, 1.807) is 6.04 Å². The molecule has 0 amide bonds. The van der Waals surface area contributed by atoms with Crippen LogP contribution in [0.1, 0.15) is 33.6 Å². The summed E-state index contributed by atoms with van der Waals surface area (Å²) in [4.78, 5) is 0. The van der Waals surface area contributed by atoms with Gasteiger partial charge in [-0.2, -0.15) is 0 Å². The van der Waals surface area contributed by atoms with E-state index in [4.69, 9.17) is 0 Å². The van der Waals surface area contributed by atoms with Crippen molar-refractivity contribution in [2.45, 2.75) is 97.1 Å². The van der Waals surface area contributed by atoms with Gasteiger partial charge < -0.3 is 4.23 Å². The Morgan fingerprint density at radius 1 is 0.650 bits per heavy atom. The molecule has 0 aromatic carbocycles. The zero-order valence-electron chi connectivity index (χ0n) is 15.9. The van der Waals surface area contributed by atoms with Crippen molar-refractivity contribution >= 4 is 24.5 Å². The lowest BCUT2D eigenvalue weighted by molar-refractivity contribution is 0.572. The van der Waals surface area contributed by atoms with Crippen molar-refractivity contribution < 1.29 is 0 Å². The Labute approximate surface area is 132 Å². The molecule has 0 radical (unpaired) electrons. The van der Waals surface area contributed by atoms with Gasteiger partial charge in [-0.1, -0.05) is 90.7 Å². The quantitative estimate of drug-likeness (QED) is 0.338. The van der Waals surface area contributed by atoms with E-state index in [0.717, 1.165) is 0 Å². The fourth-order valence-electron chi connectivity index (χ4n) is 3.73. The number of hydrogen-bond donors (Lipinski definition) is 0. The summed E-state index contributed by atoms with van der Waals surface area (Å²) in [5, 5.41) is 0. The molecule has 0 N–H and O–H groups in total. The molecule has 0 rings (SSSR count). The first kappa shape index (κ1) is 20.6. The molecule has 0 aliphatic carbocycles. The Morgan fingerprint density at radius 3 is 1.35 bits per heavy atom. The number of hydrogen-bond acceptors (Lipinski definition) is 1. The van der Waals surface area contributed by atoms with Gasteiger partial charge in [0.1, 0.15) is 16.5 Å². The largest absolute Gasteiger partial charge is 0.346 e.